The first-order chi connectivity index (χ1) is 13.6. The molecule has 0 aromatic heterocycles. The van der Waals surface area contributed by atoms with Crippen molar-refractivity contribution >= 4 is 21.8 Å². The van der Waals surface area contributed by atoms with Crippen molar-refractivity contribution < 1.29 is 17.9 Å². The Bertz CT molecular complexity index is 908. The topological polar surface area (TPSA) is 79.0 Å². The molecular weight excluding hydrogens is 390 g/mol. The van der Waals surface area contributed by atoms with Crippen LogP contribution in [-0.4, -0.2) is 45.4 Å². The van der Waals surface area contributed by atoms with Gasteiger partial charge in [-0.1, -0.05) is 29.8 Å². The van der Waals surface area contributed by atoms with E-state index in [0.29, 0.717) is 12.2 Å². The molecule has 0 aliphatic rings. The fourth-order valence-electron chi connectivity index (χ4n) is 2.56. The Balaban J connectivity index is 2.07. The van der Waals surface area contributed by atoms with Gasteiger partial charge in [-0.15, -0.1) is 0 Å². The summed E-state index contributed by atoms with van der Waals surface area (Å²) in [4.78, 5) is 12.5. The molecule has 0 bridgehead atoms. The lowest BCUT2D eigenvalue weighted by Crippen LogP contribution is -2.45. The zero-order valence-electron chi connectivity index (χ0n) is 17.5. The van der Waals surface area contributed by atoms with Crippen molar-refractivity contribution in [3.63, 3.8) is 0 Å². The minimum absolute atomic E-state index is 0.0898. The highest BCUT2D eigenvalue weighted by molar-refractivity contribution is 7.90. The Morgan fingerprint density at radius 3 is 2.14 bits per heavy atom. The van der Waals surface area contributed by atoms with Gasteiger partial charge < -0.3 is 10.1 Å². The number of rotatable bonds is 9. The molecular formula is C21H29N3O4S. The molecule has 29 heavy (non-hydrogen) atoms. The van der Waals surface area contributed by atoms with Gasteiger partial charge >= 0.3 is 10.2 Å². The van der Waals surface area contributed by atoms with E-state index in [1.165, 1.54) is 14.1 Å². The lowest BCUT2D eigenvalue weighted by atomic mass is 10.2. The molecule has 0 atom stereocenters. The van der Waals surface area contributed by atoms with Gasteiger partial charge in [0.05, 0.1) is 11.8 Å². The quantitative estimate of drug-likeness (QED) is 0.678. The Kier molecular flexibility index (Phi) is 7.64. The fraction of sp³-hybridized carbons (Fsp3) is 0.381. The predicted molar refractivity (Wildman–Crippen MR) is 115 cm³/mol. The number of anilines is 1. The van der Waals surface area contributed by atoms with Crippen LogP contribution in [0.1, 0.15) is 25.0 Å². The van der Waals surface area contributed by atoms with Crippen molar-refractivity contribution in [2.45, 2.75) is 33.4 Å². The molecule has 0 spiro atoms. The third kappa shape index (κ3) is 6.47. The molecule has 0 aliphatic heterocycles. The molecule has 0 fully saturated rings. The van der Waals surface area contributed by atoms with Crippen LogP contribution in [0.5, 0.6) is 5.75 Å². The van der Waals surface area contributed by atoms with Gasteiger partial charge in [0.1, 0.15) is 12.3 Å². The molecule has 1 amide bonds. The van der Waals surface area contributed by atoms with E-state index in [1.807, 2.05) is 57.2 Å². The second-order valence-corrected chi connectivity index (χ2v) is 9.29. The highest BCUT2D eigenvalue weighted by Crippen LogP contribution is 2.20. The molecule has 0 saturated heterocycles. The van der Waals surface area contributed by atoms with Crippen LogP contribution >= 0.6 is 0 Å². The minimum Gasteiger partial charge on any atom is -0.491 e. The number of hydrogen-bond acceptors (Lipinski definition) is 4. The van der Waals surface area contributed by atoms with E-state index in [1.54, 1.807) is 12.1 Å². The molecule has 0 heterocycles. The van der Waals surface area contributed by atoms with Gasteiger partial charge in [-0.3, -0.25) is 4.79 Å². The zero-order chi connectivity index (χ0) is 21.6. The van der Waals surface area contributed by atoms with Gasteiger partial charge in [0.25, 0.3) is 0 Å². The summed E-state index contributed by atoms with van der Waals surface area (Å²) in [5.41, 5.74) is 2.34. The molecule has 158 valence electrons. The standard InChI is InChI=1S/C21H29N3O4S/c1-16(2)28-20-12-8-18(9-13-20)14-22-21(25)15-24(29(26,27)23(4)5)19-10-6-17(3)7-11-19/h6-13,16H,14-15H2,1-5H3,(H,22,25). The molecule has 1 N–H and O–H groups in total. The van der Waals surface area contributed by atoms with Crippen LogP contribution in [0.3, 0.4) is 0 Å². The largest absolute Gasteiger partial charge is 0.491 e. The van der Waals surface area contributed by atoms with Crippen molar-refractivity contribution in [3.8, 4) is 5.75 Å². The normalized spacial score (nSPS) is 11.6. The van der Waals surface area contributed by atoms with E-state index in [4.69, 9.17) is 4.74 Å². The van der Waals surface area contributed by atoms with Crippen molar-refractivity contribution in [1.29, 1.82) is 0 Å². The first kappa shape index (κ1) is 22.7. The molecule has 0 unspecified atom stereocenters. The Morgan fingerprint density at radius 1 is 1.03 bits per heavy atom. The lowest BCUT2D eigenvalue weighted by Gasteiger charge is -2.27. The summed E-state index contributed by atoms with van der Waals surface area (Å²) in [6.07, 6.45) is 0.0898. The van der Waals surface area contributed by atoms with Gasteiger partial charge in [-0.05, 0) is 50.6 Å². The zero-order valence-corrected chi connectivity index (χ0v) is 18.4. The predicted octanol–water partition coefficient (Wildman–Crippen LogP) is 2.71. The van der Waals surface area contributed by atoms with Crippen LogP contribution in [0.25, 0.3) is 0 Å². The fourth-order valence-corrected chi connectivity index (χ4v) is 3.62. The summed E-state index contributed by atoms with van der Waals surface area (Å²) >= 11 is 0. The Labute approximate surface area is 173 Å². The Hall–Kier alpha value is -2.58. The number of nitrogens with zero attached hydrogens (tertiary/aromatic N) is 2. The third-order valence-corrected chi connectivity index (χ3v) is 5.95. The maximum absolute atomic E-state index is 12.7. The second kappa shape index (κ2) is 9.76. The van der Waals surface area contributed by atoms with Crippen LogP contribution in [0.2, 0.25) is 0 Å². The molecule has 0 radical (unpaired) electrons. The van der Waals surface area contributed by atoms with Gasteiger partial charge in [0, 0.05) is 20.6 Å². The Morgan fingerprint density at radius 2 is 1.62 bits per heavy atom. The lowest BCUT2D eigenvalue weighted by molar-refractivity contribution is -0.119. The van der Waals surface area contributed by atoms with Gasteiger partial charge in [0.15, 0.2) is 0 Å². The monoisotopic (exact) mass is 419 g/mol. The average molecular weight is 420 g/mol. The van der Waals surface area contributed by atoms with Crippen LogP contribution < -0.4 is 14.4 Å². The highest BCUT2D eigenvalue weighted by atomic mass is 32.2. The van der Waals surface area contributed by atoms with Crippen molar-refractivity contribution in [3.05, 3.63) is 59.7 Å². The molecule has 0 aliphatic carbocycles. The number of amides is 1. The van der Waals surface area contributed by atoms with E-state index in [2.05, 4.69) is 5.32 Å². The summed E-state index contributed by atoms with van der Waals surface area (Å²) in [6, 6.07) is 14.4. The summed E-state index contributed by atoms with van der Waals surface area (Å²) in [6.45, 7) is 5.81. The minimum atomic E-state index is -3.81. The van der Waals surface area contributed by atoms with Crippen LogP contribution in [0, 0.1) is 6.92 Å². The number of carbonyl (C=O) groups excluding carboxylic acids is 1. The number of aryl methyl sites for hydroxylation is 1. The summed E-state index contributed by atoms with van der Waals surface area (Å²) < 4.78 is 33.2. The number of benzene rings is 2. The number of carbonyl (C=O) groups is 1. The number of nitrogens with one attached hydrogen (secondary N) is 1. The molecule has 2 aromatic carbocycles. The maximum Gasteiger partial charge on any atom is 0.304 e. The first-order valence-corrected chi connectivity index (χ1v) is 10.8. The SMILES string of the molecule is Cc1ccc(N(CC(=O)NCc2ccc(OC(C)C)cc2)S(=O)(=O)N(C)C)cc1. The summed E-state index contributed by atoms with van der Waals surface area (Å²) in [5.74, 6) is 0.371. The summed E-state index contributed by atoms with van der Waals surface area (Å²) in [5, 5.41) is 2.78. The second-order valence-electron chi connectivity index (χ2n) is 7.22. The molecule has 7 nitrogen and oxygen atoms in total. The molecule has 0 saturated carbocycles. The highest BCUT2D eigenvalue weighted by Gasteiger charge is 2.27. The van der Waals surface area contributed by atoms with E-state index in [-0.39, 0.29) is 12.6 Å². The average Bonchev–Trinajstić information content (AvgIpc) is 2.65. The molecule has 2 rings (SSSR count). The van der Waals surface area contributed by atoms with Crippen LogP contribution in [-0.2, 0) is 21.5 Å². The van der Waals surface area contributed by atoms with Crippen molar-refractivity contribution in [1.82, 2.24) is 9.62 Å². The van der Waals surface area contributed by atoms with Crippen molar-refractivity contribution in [2.24, 2.45) is 0 Å². The number of ether oxygens (including phenoxy) is 1. The van der Waals surface area contributed by atoms with Gasteiger partial charge in [-0.25, -0.2) is 4.31 Å². The molecule has 8 heteroatoms. The van der Waals surface area contributed by atoms with E-state index in [9.17, 15) is 13.2 Å². The van der Waals surface area contributed by atoms with Crippen LogP contribution in [0.4, 0.5) is 5.69 Å². The maximum atomic E-state index is 12.7. The first-order valence-electron chi connectivity index (χ1n) is 9.38. The van der Waals surface area contributed by atoms with E-state index < -0.39 is 16.1 Å². The van der Waals surface area contributed by atoms with Crippen LogP contribution in [0.15, 0.2) is 48.5 Å². The smallest absolute Gasteiger partial charge is 0.304 e. The van der Waals surface area contributed by atoms with Crippen molar-refractivity contribution in [2.75, 3.05) is 24.9 Å². The summed E-state index contributed by atoms with van der Waals surface area (Å²) in [7, 11) is -0.931. The molecule has 2 aromatic rings. The van der Waals surface area contributed by atoms with E-state index in [0.717, 1.165) is 25.5 Å². The van der Waals surface area contributed by atoms with Gasteiger partial charge in [-0.2, -0.15) is 12.7 Å². The van der Waals surface area contributed by atoms with E-state index >= 15 is 0 Å². The van der Waals surface area contributed by atoms with Gasteiger partial charge in [0.2, 0.25) is 5.91 Å². The number of hydrogen-bond donors (Lipinski definition) is 1. The third-order valence-electron chi connectivity index (χ3n) is 4.13.